The molecule has 1 aromatic rings. The minimum atomic E-state index is 0.182. The second kappa shape index (κ2) is 22.1. The van der Waals surface area contributed by atoms with Gasteiger partial charge < -0.3 is 5.32 Å². The van der Waals surface area contributed by atoms with E-state index in [0.29, 0.717) is 28.5 Å². The van der Waals surface area contributed by atoms with Gasteiger partial charge in [0.2, 0.25) is 0 Å². The van der Waals surface area contributed by atoms with Crippen LogP contribution in [-0.4, -0.2) is 11.3 Å². The molecule has 6 unspecified atom stereocenters. The molecule has 0 bridgehead atoms. The van der Waals surface area contributed by atoms with Crippen molar-refractivity contribution in [3.8, 4) is 0 Å². The normalized spacial score (nSPS) is 21.7. The van der Waals surface area contributed by atoms with Crippen LogP contribution in [0.1, 0.15) is 139 Å². The lowest BCUT2D eigenvalue weighted by Gasteiger charge is -2.37. The van der Waals surface area contributed by atoms with Crippen LogP contribution in [-0.2, 0) is 12.8 Å². The van der Waals surface area contributed by atoms with Crippen LogP contribution in [0, 0.1) is 46.3 Å². The Kier molecular flexibility index (Phi) is 20.3. The van der Waals surface area contributed by atoms with Gasteiger partial charge in [-0.2, -0.15) is 0 Å². The van der Waals surface area contributed by atoms with Gasteiger partial charge >= 0.3 is 0 Å². The first-order valence-electron chi connectivity index (χ1n) is 20.2. The highest BCUT2D eigenvalue weighted by molar-refractivity contribution is 8.03. The fourth-order valence-corrected chi connectivity index (χ4v) is 9.83. The number of nitrogens with one attached hydrogen (secondary N) is 1. The van der Waals surface area contributed by atoms with Crippen molar-refractivity contribution in [2.45, 2.75) is 152 Å². The fourth-order valence-electron chi connectivity index (χ4n) is 8.73. The summed E-state index contributed by atoms with van der Waals surface area (Å²) < 4.78 is 0. The van der Waals surface area contributed by atoms with Crippen LogP contribution in [0.2, 0.25) is 0 Å². The molecule has 1 aromatic carbocycles. The molecule has 0 heterocycles. The largest absolute Gasteiger partial charge is 0.377 e. The molecule has 3 aliphatic rings. The van der Waals surface area contributed by atoms with Gasteiger partial charge in [0, 0.05) is 11.3 Å². The van der Waals surface area contributed by atoms with Gasteiger partial charge in [-0.15, -0.1) is 31.5 Å². The average Bonchev–Trinajstić information content (AvgIpc) is 3.66. The molecule has 0 aliphatic heterocycles. The van der Waals surface area contributed by atoms with Crippen LogP contribution < -0.4 is 5.32 Å². The number of hydrogen-bond acceptors (Lipinski definition) is 2. The predicted octanol–water partition coefficient (Wildman–Crippen LogP) is 15.0. The maximum Gasteiger partial charge on any atom is 0.0616 e. The zero-order chi connectivity index (χ0) is 39.1. The van der Waals surface area contributed by atoms with E-state index >= 15 is 0 Å². The summed E-state index contributed by atoms with van der Waals surface area (Å²) in [5, 5.41) is 5.20. The van der Waals surface area contributed by atoms with Crippen molar-refractivity contribution in [2.24, 2.45) is 46.3 Å². The van der Waals surface area contributed by atoms with Crippen molar-refractivity contribution in [3.05, 3.63) is 109 Å². The third-order valence-electron chi connectivity index (χ3n) is 11.8. The topological polar surface area (TPSA) is 12.0 Å². The Balaban J connectivity index is 0.000000481. The molecule has 0 aromatic heterocycles. The van der Waals surface area contributed by atoms with E-state index in [2.05, 4.69) is 138 Å². The fraction of sp³-hybridized carbons (Fsp3) is 0.633. The molecule has 6 atom stereocenters. The number of fused-ring (bicyclic) bond motifs is 1. The Hall–Kier alpha value is -2.19. The third kappa shape index (κ3) is 14.6. The maximum absolute atomic E-state index is 4.37. The second-order valence-electron chi connectivity index (χ2n) is 17.8. The Morgan fingerprint density at radius 3 is 1.84 bits per heavy atom. The molecule has 4 rings (SSSR count). The molecule has 0 amide bonds. The van der Waals surface area contributed by atoms with E-state index in [4.69, 9.17) is 0 Å². The van der Waals surface area contributed by atoms with Crippen molar-refractivity contribution in [3.63, 3.8) is 0 Å². The lowest BCUT2D eigenvalue weighted by molar-refractivity contribution is 0.145. The molecular formula is C49H81NS. The molecule has 288 valence electrons. The smallest absolute Gasteiger partial charge is 0.0616 e. The van der Waals surface area contributed by atoms with E-state index in [9.17, 15) is 0 Å². The highest BCUT2D eigenvalue weighted by atomic mass is 32.2. The van der Waals surface area contributed by atoms with Crippen LogP contribution in [0.5, 0.6) is 0 Å². The molecule has 2 heteroatoms. The Morgan fingerprint density at radius 1 is 0.902 bits per heavy atom. The molecule has 3 aliphatic carbocycles. The predicted molar refractivity (Wildman–Crippen MR) is 235 cm³/mol. The third-order valence-corrected chi connectivity index (χ3v) is 13.3. The first-order valence-corrected chi connectivity index (χ1v) is 21.1. The van der Waals surface area contributed by atoms with Crippen molar-refractivity contribution >= 4 is 11.8 Å². The zero-order valence-electron chi connectivity index (χ0n) is 35.4. The summed E-state index contributed by atoms with van der Waals surface area (Å²) in [5.74, 6) is 4.81. The highest BCUT2D eigenvalue weighted by Crippen LogP contribution is 2.52. The van der Waals surface area contributed by atoms with E-state index in [0.717, 1.165) is 54.4 Å². The molecule has 0 radical (unpaired) electrons. The number of hydrogen-bond donors (Lipinski definition) is 1. The molecule has 0 saturated heterocycles. The molecule has 1 nitrogen and oxygen atoms in total. The van der Waals surface area contributed by atoms with Gasteiger partial charge in [-0.1, -0.05) is 155 Å². The first kappa shape index (κ1) is 46.8. The minimum Gasteiger partial charge on any atom is -0.377 e. The standard InChI is InChI=1S/C25H37NS.C20H34.C2H6.C2H4/c1-17(2)13-14-23(25(6,7)8)26-19(5)27-24(18(3)4)22-15-20-11-9-10-12-21(20)16-22;1-7-14(2)18(13-16-9-8-10-16)17-11-12-19(15(17)3)20(4,5)6;2*1-2/h9-12,22-24,26H,1,3,5,13-16H2,2,4,6-8H3;7,15-19H,1-2,8-13H2,3-6H3;1-2H3;1-2H2. The summed E-state index contributed by atoms with van der Waals surface area (Å²) in [7, 11) is 0. The maximum atomic E-state index is 4.37. The van der Waals surface area contributed by atoms with Gasteiger partial charge in [-0.05, 0) is 116 Å². The van der Waals surface area contributed by atoms with Crippen molar-refractivity contribution in [2.75, 3.05) is 0 Å². The van der Waals surface area contributed by atoms with E-state index in [-0.39, 0.29) is 5.41 Å². The van der Waals surface area contributed by atoms with E-state index in [1.54, 1.807) is 0 Å². The van der Waals surface area contributed by atoms with Crippen LogP contribution in [0.4, 0.5) is 0 Å². The number of benzene rings is 1. The van der Waals surface area contributed by atoms with Gasteiger partial charge in [0.05, 0.1) is 5.03 Å². The Morgan fingerprint density at radius 2 is 1.45 bits per heavy atom. The van der Waals surface area contributed by atoms with Gasteiger partial charge in [-0.3, -0.25) is 0 Å². The Bertz CT molecular complexity index is 1220. The molecule has 2 fully saturated rings. The van der Waals surface area contributed by atoms with E-state index in [1.165, 1.54) is 66.4 Å². The number of allylic oxidation sites excluding steroid dienone is 3. The van der Waals surface area contributed by atoms with Crippen molar-refractivity contribution in [1.29, 1.82) is 0 Å². The highest BCUT2D eigenvalue weighted by Gasteiger charge is 2.43. The lowest BCUT2D eigenvalue weighted by atomic mass is 9.68. The van der Waals surface area contributed by atoms with E-state index < -0.39 is 0 Å². The summed E-state index contributed by atoms with van der Waals surface area (Å²) in [5.41, 5.74) is 7.43. The van der Waals surface area contributed by atoms with Gasteiger partial charge in [-0.25, -0.2) is 0 Å². The van der Waals surface area contributed by atoms with Crippen molar-refractivity contribution < 1.29 is 0 Å². The molecular weight excluding hydrogens is 635 g/mol. The lowest BCUT2D eigenvalue weighted by Crippen LogP contribution is -2.39. The molecule has 51 heavy (non-hydrogen) atoms. The molecule has 1 N–H and O–H groups in total. The minimum absolute atomic E-state index is 0.182. The monoisotopic (exact) mass is 716 g/mol. The van der Waals surface area contributed by atoms with Crippen LogP contribution in [0.3, 0.4) is 0 Å². The summed E-state index contributed by atoms with van der Waals surface area (Å²) >= 11 is 1.87. The quantitative estimate of drug-likeness (QED) is 0.152. The van der Waals surface area contributed by atoms with Gasteiger partial charge in [0.1, 0.15) is 0 Å². The molecule has 2 saturated carbocycles. The summed E-state index contributed by atoms with van der Waals surface area (Å²) in [6.45, 7) is 52.0. The summed E-state index contributed by atoms with van der Waals surface area (Å²) in [6.07, 6.45) is 15.0. The summed E-state index contributed by atoms with van der Waals surface area (Å²) in [6, 6.07) is 9.24. The van der Waals surface area contributed by atoms with Crippen LogP contribution >= 0.6 is 11.8 Å². The van der Waals surface area contributed by atoms with Crippen molar-refractivity contribution in [1.82, 2.24) is 5.32 Å². The van der Waals surface area contributed by atoms with Crippen LogP contribution in [0.15, 0.2) is 98.1 Å². The van der Waals surface area contributed by atoms with Gasteiger partial charge in [0.25, 0.3) is 0 Å². The first-order chi connectivity index (χ1) is 23.9. The van der Waals surface area contributed by atoms with E-state index in [1.807, 2.05) is 31.7 Å². The SMILES string of the molecule is C=C.C=C(C)CCC(NC(=C)SC(C(=C)C)C1Cc2ccccc2C1)C(C)(C)C.C=CC(=C)C(CC1CCC1)C1CCC(C(C)(C)C)C1C.CC. The average molecular weight is 716 g/mol. The van der Waals surface area contributed by atoms with Crippen LogP contribution in [0.25, 0.3) is 0 Å². The second-order valence-corrected chi connectivity index (χ2v) is 19.0. The Labute approximate surface area is 323 Å². The molecule has 0 spiro atoms. The number of rotatable bonds is 14. The van der Waals surface area contributed by atoms with Gasteiger partial charge in [0.15, 0.2) is 0 Å². The summed E-state index contributed by atoms with van der Waals surface area (Å²) in [4.78, 5) is 0. The number of thioether (sulfide) groups is 1. The zero-order valence-corrected chi connectivity index (χ0v) is 36.3.